The Morgan fingerprint density at radius 1 is 1.00 bits per heavy atom. The normalized spacial score (nSPS) is 12.4. The first kappa shape index (κ1) is 15.5. The van der Waals surface area contributed by atoms with Crippen LogP contribution in [0.2, 0.25) is 0 Å². The summed E-state index contributed by atoms with van der Waals surface area (Å²) in [7, 11) is 0. The molecule has 0 unspecified atom stereocenters. The van der Waals surface area contributed by atoms with Gasteiger partial charge in [0.1, 0.15) is 6.10 Å². The Bertz CT molecular complexity index is 166. The molecule has 0 aliphatic rings. The summed E-state index contributed by atoms with van der Waals surface area (Å²) < 4.78 is 5.21. The first-order valence-corrected chi connectivity index (χ1v) is 6.87. The van der Waals surface area contributed by atoms with E-state index in [4.69, 9.17) is 4.74 Å². The highest BCUT2D eigenvalue weighted by molar-refractivity contribution is 5.66. The summed E-state index contributed by atoms with van der Waals surface area (Å²) in [5.41, 5.74) is 0. The largest absolute Gasteiger partial charge is 0.463 e. The SMILES string of the molecule is CCCCCCCCC[C@@H](CC)OC(C)=O. The predicted octanol–water partition coefficient (Wildman–Crippen LogP) is 4.47. The first-order valence-electron chi connectivity index (χ1n) is 6.87. The molecule has 2 heteroatoms. The van der Waals surface area contributed by atoms with Gasteiger partial charge < -0.3 is 4.74 Å². The highest BCUT2D eigenvalue weighted by atomic mass is 16.5. The molecule has 0 radical (unpaired) electrons. The van der Waals surface area contributed by atoms with Crippen molar-refractivity contribution in [2.24, 2.45) is 0 Å². The number of hydrogen-bond donors (Lipinski definition) is 0. The lowest BCUT2D eigenvalue weighted by Gasteiger charge is -2.14. The van der Waals surface area contributed by atoms with E-state index < -0.39 is 0 Å². The van der Waals surface area contributed by atoms with Gasteiger partial charge in [-0.2, -0.15) is 0 Å². The highest BCUT2D eigenvalue weighted by Crippen LogP contribution is 2.13. The molecule has 0 amide bonds. The molecule has 0 spiro atoms. The molecule has 0 aliphatic carbocycles. The van der Waals surface area contributed by atoms with Crippen LogP contribution in [-0.2, 0) is 9.53 Å². The van der Waals surface area contributed by atoms with Crippen LogP contribution in [0.15, 0.2) is 0 Å². The van der Waals surface area contributed by atoms with E-state index in [1.807, 2.05) is 0 Å². The Hall–Kier alpha value is -0.530. The zero-order chi connectivity index (χ0) is 12.2. The van der Waals surface area contributed by atoms with E-state index in [-0.39, 0.29) is 12.1 Å². The van der Waals surface area contributed by atoms with E-state index in [1.165, 1.54) is 51.9 Å². The minimum Gasteiger partial charge on any atom is -0.463 e. The van der Waals surface area contributed by atoms with E-state index in [1.54, 1.807) is 0 Å². The van der Waals surface area contributed by atoms with E-state index in [0.29, 0.717) is 0 Å². The Labute approximate surface area is 101 Å². The monoisotopic (exact) mass is 228 g/mol. The maximum absolute atomic E-state index is 10.8. The van der Waals surface area contributed by atoms with Gasteiger partial charge in [-0.15, -0.1) is 0 Å². The lowest BCUT2D eigenvalue weighted by Crippen LogP contribution is -2.14. The summed E-state index contributed by atoms with van der Waals surface area (Å²) in [4.78, 5) is 10.8. The van der Waals surface area contributed by atoms with Crippen LogP contribution in [0.3, 0.4) is 0 Å². The van der Waals surface area contributed by atoms with Crippen molar-refractivity contribution in [2.75, 3.05) is 0 Å². The Morgan fingerprint density at radius 2 is 1.56 bits per heavy atom. The second-order valence-corrected chi connectivity index (χ2v) is 4.55. The lowest BCUT2D eigenvalue weighted by molar-refractivity contribution is -0.146. The van der Waals surface area contributed by atoms with Crippen molar-refractivity contribution >= 4 is 5.97 Å². The Balaban J connectivity index is 3.31. The van der Waals surface area contributed by atoms with Gasteiger partial charge in [0.15, 0.2) is 0 Å². The summed E-state index contributed by atoms with van der Waals surface area (Å²) in [6.07, 6.45) is 11.3. The third kappa shape index (κ3) is 10.0. The fourth-order valence-corrected chi connectivity index (χ4v) is 1.91. The number of unbranched alkanes of at least 4 members (excludes halogenated alkanes) is 6. The molecule has 0 aromatic rings. The maximum Gasteiger partial charge on any atom is 0.302 e. The number of rotatable bonds is 10. The quantitative estimate of drug-likeness (QED) is 0.407. The van der Waals surface area contributed by atoms with Crippen molar-refractivity contribution in [2.45, 2.75) is 84.7 Å². The molecule has 96 valence electrons. The zero-order valence-electron chi connectivity index (χ0n) is 11.3. The minimum absolute atomic E-state index is 0.144. The number of hydrogen-bond acceptors (Lipinski definition) is 2. The molecule has 0 heterocycles. The molecule has 0 saturated carbocycles. The van der Waals surface area contributed by atoms with Gasteiger partial charge in [0.2, 0.25) is 0 Å². The van der Waals surface area contributed by atoms with Gasteiger partial charge in [-0.3, -0.25) is 4.79 Å². The van der Waals surface area contributed by atoms with Crippen LogP contribution in [0, 0.1) is 0 Å². The molecule has 0 N–H and O–H groups in total. The van der Waals surface area contributed by atoms with Crippen LogP contribution in [0.4, 0.5) is 0 Å². The van der Waals surface area contributed by atoms with Gasteiger partial charge in [-0.05, 0) is 19.3 Å². The van der Waals surface area contributed by atoms with Crippen LogP contribution in [0.5, 0.6) is 0 Å². The molecule has 0 fully saturated rings. The Morgan fingerprint density at radius 3 is 2.06 bits per heavy atom. The molecular formula is C14H28O2. The summed E-state index contributed by atoms with van der Waals surface area (Å²) in [6.45, 7) is 5.81. The van der Waals surface area contributed by atoms with Gasteiger partial charge in [0.05, 0.1) is 0 Å². The summed E-state index contributed by atoms with van der Waals surface area (Å²) in [6, 6.07) is 0. The third-order valence-corrected chi connectivity index (χ3v) is 2.92. The van der Waals surface area contributed by atoms with Crippen LogP contribution in [0.1, 0.15) is 78.6 Å². The summed E-state index contributed by atoms with van der Waals surface area (Å²) >= 11 is 0. The second-order valence-electron chi connectivity index (χ2n) is 4.55. The van der Waals surface area contributed by atoms with Crippen molar-refractivity contribution < 1.29 is 9.53 Å². The topological polar surface area (TPSA) is 26.3 Å². The first-order chi connectivity index (χ1) is 7.70. The molecule has 16 heavy (non-hydrogen) atoms. The average molecular weight is 228 g/mol. The van der Waals surface area contributed by atoms with Gasteiger partial charge in [-0.1, -0.05) is 52.4 Å². The van der Waals surface area contributed by atoms with Crippen LogP contribution < -0.4 is 0 Å². The lowest BCUT2D eigenvalue weighted by atomic mass is 10.1. The van der Waals surface area contributed by atoms with Crippen molar-refractivity contribution in [3.63, 3.8) is 0 Å². The smallest absolute Gasteiger partial charge is 0.302 e. The van der Waals surface area contributed by atoms with Crippen molar-refractivity contribution in [1.82, 2.24) is 0 Å². The molecule has 0 aromatic heterocycles. The van der Waals surface area contributed by atoms with Crippen molar-refractivity contribution in [3.05, 3.63) is 0 Å². The standard InChI is InChI=1S/C14H28O2/c1-4-6-7-8-9-10-11-12-14(5-2)16-13(3)15/h14H,4-12H2,1-3H3/t14-/m1/s1. The minimum atomic E-state index is -0.144. The van der Waals surface area contributed by atoms with Gasteiger partial charge >= 0.3 is 5.97 Å². The van der Waals surface area contributed by atoms with Crippen molar-refractivity contribution in [3.8, 4) is 0 Å². The van der Waals surface area contributed by atoms with Crippen LogP contribution >= 0.6 is 0 Å². The molecule has 1 atom stereocenters. The molecular weight excluding hydrogens is 200 g/mol. The maximum atomic E-state index is 10.8. The summed E-state index contributed by atoms with van der Waals surface area (Å²) in [5.74, 6) is -0.144. The Kier molecular flexibility index (Phi) is 10.6. The zero-order valence-corrected chi connectivity index (χ0v) is 11.3. The van der Waals surface area contributed by atoms with Gasteiger partial charge in [-0.25, -0.2) is 0 Å². The predicted molar refractivity (Wildman–Crippen MR) is 68.5 cm³/mol. The molecule has 0 saturated heterocycles. The number of carbonyl (C=O) groups is 1. The van der Waals surface area contributed by atoms with Gasteiger partial charge in [0.25, 0.3) is 0 Å². The molecule has 0 bridgehead atoms. The summed E-state index contributed by atoms with van der Waals surface area (Å²) in [5, 5.41) is 0. The fourth-order valence-electron chi connectivity index (χ4n) is 1.91. The van der Waals surface area contributed by atoms with E-state index in [2.05, 4.69) is 13.8 Å². The molecule has 0 aromatic carbocycles. The van der Waals surface area contributed by atoms with E-state index >= 15 is 0 Å². The number of carbonyl (C=O) groups excluding carboxylic acids is 1. The van der Waals surface area contributed by atoms with Crippen LogP contribution in [0.25, 0.3) is 0 Å². The average Bonchev–Trinajstić information content (AvgIpc) is 2.25. The number of ether oxygens (including phenoxy) is 1. The third-order valence-electron chi connectivity index (χ3n) is 2.92. The fraction of sp³-hybridized carbons (Fsp3) is 0.929. The number of esters is 1. The molecule has 2 nitrogen and oxygen atoms in total. The highest BCUT2D eigenvalue weighted by Gasteiger charge is 2.08. The molecule has 0 rings (SSSR count). The van der Waals surface area contributed by atoms with E-state index in [0.717, 1.165) is 12.8 Å². The van der Waals surface area contributed by atoms with Crippen LogP contribution in [-0.4, -0.2) is 12.1 Å². The van der Waals surface area contributed by atoms with Crippen molar-refractivity contribution in [1.29, 1.82) is 0 Å². The molecule has 0 aliphatic heterocycles. The second kappa shape index (κ2) is 11.0. The van der Waals surface area contributed by atoms with E-state index in [9.17, 15) is 4.79 Å². The van der Waals surface area contributed by atoms with Gasteiger partial charge in [0, 0.05) is 6.92 Å².